The van der Waals surface area contributed by atoms with E-state index < -0.39 is 23.2 Å². The highest BCUT2D eigenvalue weighted by atomic mass is 32.1. The molecule has 6 nitrogen and oxygen atoms in total. The summed E-state index contributed by atoms with van der Waals surface area (Å²) in [6, 6.07) is 5.04. The van der Waals surface area contributed by atoms with Crippen molar-refractivity contribution in [2.75, 3.05) is 0 Å². The number of primary amides is 1. The van der Waals surface area contributed by atoms with Crippen LogP contribution in [0.2, 0.25) is 0 Å². The number of nitrogens with zero attached hydrogens (tertiary/aromatic N) is 1. The largest absolute Gasteiger partial charge is 0.368 e. The molecular formula is C19H21N3O3S. The Morgan fingerprint density at radius 3 is 2.50 bits per heavy atom. The van der Waals surface area contributed by atoms with Gasteiger partial charge in [-0.2, -0.15) is 0 Å². The number of amides is 1. The zero-order valence-electron chi connectivity index (χ0n) is 15.2. The first-order valence-electron chi connectivity index (χ1n) is 8.41. The molecule has 0 aliphatic heterocycles. The van der Waals surface area contributed by atoms with Gasteiger partial charge in [0.2, 0.25) is 5.91 Å². The average Bonchev–Trinajstić information content (AvgIpc) is 2.89. The normalized spacial score (nSPS) is 12.5. The second-order valence-electron chi connectivity index (χ2n) is 6.47. The molecule has 7 heteroatoms. The first kappa shape index (κ1) is 18.1. The Bertz CT molecular complexity index is 1140. The Morgan fingerprint density at radius 1 is 1.23 bits per heavy atom. The molecule has 0 bridgehead atoms. The van der Waals surface area contributed by atoms with E-state index >= 15 is 0 Å². The summed E-state index contributed by atoms with van der Waals surface area (Å²) in [5, 5.41) is 0.426. The van der Waals surface area contributed by atoms with Crippen LogP contribution < -0.4 is 17.0 Å². The van der Waals surface area contributed by atoms with E-state index in [0.29, 0.717) is 10.2 Å². The smallest absolute Gasteiger partial charge is 0.330 e. The minimum atomic E-state index is -0.969. The van der Waals surface area contributed by atoms with Crippen molar-refractivity contribution in [1.29, 1.82) is 0 Å². The van der Waals surface area contributed by atoms with Crippen molar-refractivity contribution in [3.05, 3.63) is 55.0 Å². The van der Waals surface area contributed by atoms with Gasteiger partial charge in [-0.1, -0.05) is 25.1 Å². The van der Waals surface area contributed by atoms with E-state index in [4.69, 9.17) is 5.73 Å². The highest BCUT2D eigenvalue weighted by molar-refractivity contribution is 7.19. The van der Waals surface area contributed by atoms with Gasteiger partial charge in [-0.25, -0.2) is 9.36 Å². The van der Waals surface area contributed by atoms with Crippen molar-refractivity contribution >= 4 is 27.5 Å². The van der Waals surface area contributed by atoms with Crippen molar-refractivity contribution in [2.24, 2.45) is 5.73 Å². The number of rotatable bonds is 4. The van der Waals surface area contributed by atoms with Crippen LogP contribution in [0, 0.1) is 20.8 Å². The van der Waals surface area contributed by atoms with Gasteiger partial charge in [-0.3, -0.25) is 14.6 Å². The zero-order chi connectivity index (χ0) is 19.2. The fourth-order valence-electron chi connectivity index (χ4n) is 3.25. The predicted octanol–water partition coefficient (Wildman–Crippen LogP) is 2.78. The van der Waals surface area contributed by atoms with E-state index in [0.717, 1.165) is 31.7 Å². The number of carbonyl (C=O) groups is 1. The first-order valence-corrected chi connectivity index (χ1v) is 9.22. The molecular weight excluding hydrogens is 350 g/mol. The third kappa shape index (κ3) is 2.78. The van der Waals surface area contributed by atoms with Crippen LogP contribution in [0.4, 0.5) is 0 Å². The van der Waals surface area contributed by atoms with E-state index in [-0.39, 0.29) is 6.42 Å². The Balaban J connectivity index is 2.41. The molecule has 0 spiro atoms. The molecule has 0 aliphatic carbocycles. The maximum atomic E-state index is 13.2. The fraction of sp³-hybridized carbons (Fsp3) is 0.316. The topological polar surface area (TPSA) is 97.9 Å². The Morgan fingerprint density at radius 2 is 1.92 bits per heavy atom. The molecule has 3 N–H and O–H groups in total. The van der Waals surface area contributed by atoms with Gasteiger partial charge in [-0.05, 0) is 43.9 Å². The van der Waals surface area contributed by atoms with Crippen molar-refractivity contribution in [2.45, 2.75) is 40.2 Å². The van der Waals surface area contributed by atoms with Crippen molar-refractivity contribution in [3.63, 3.8) is 0 Å². The lowest BCUT2D eigenvalue weighted by Gasteiger charge is -2.13. The molecule has 1 aromatic carbocycles. The summed E-state index contributed by atoms with van der Waals surface area (Å²) in [6.45, 7) is 7.68. The molecule has 136 valence electrons. The lowest BCUT2D eigenvalue weighted by molar-refractivity contribution is -0.121. The van der Waals surface area contributed by atoms with Gasteiger partial charge in [0.25, 0.3) is 5.56 Å². The molecule has 1 amide bonds. The van der Waals surface area contributed by atoms with E-state index in [9.17, 15) is 14.4 Å². The molecule has 3 rings (SSSR count). The van der Waals surface area contributed by atoms with Gasteiger partial charge >= 0.3 is 5.69 Å². The van der Waals surface area contributed by atoms with Crippen LogP contribution in [-0.4, -0.2) is 15.5 Å². The van der Waals surface area contributed by atoms with Gasteiger partial charge in [0.1, 0.15) is 10.9 Å². The number of nitrogens with two attached hydrogens (primary N) is 1. The quantitative estimate of drug-likeness (QED) is 0.738. The predicted molar refractivity (Wildman–Crippen MR) is 105 cm³/mol. The van der Waals surface area contributed by atoms with Gasteiger partial charge in [0.05, 0.1) is 5.39 Å². The van der Waals surface area contributed by atoms with E-state index in [1.165, 1.54) is 11.3 Å². The van der Waals surface area contributed by atoms with E-state index in [2.05, 4.69) is 4.98 Å². The van der Waals surface area contributed by atoms with Crippen LogP contribution in [-0.2, 0) is 4.79 Å². The number of aryl methyl sites for hydroxylation is 3. The van der Waals surface area contributed by atoms with Gasteiger partial charge in [0.15, 0.2) is 0 Å². The second-order valence-corrected chi connectivity index (χ2v) is 7.69. The number of hydrogen-bond acceptors (Lipinski definition) is 4. The molecule has 2 heterocycles. The lowest BCUT2D eigenvalue weighted by Crippen LogP contribution is -2.42. The minimum Gasteiger partial charge on any atom is -0.368 e. The third-order valence-corrected chi connectivity index (χ3v) is 5.80. The number of carbonyl (C=O) groups excluding carboxylic acids is 1. The molecule has 0 saturated carbocycles. The fourth-order valence-corrected chi connectivity index (χ4v) is 4.30. The van der Waals surface area contributed by atoms with Crippen LogP contribution in [0.5, 0.6) is 0 Å². The van der Waals surface area contributed by atoms with Crippen LogP contribution >= 0.6 is 11.3 Å². The van der Waals surface area contributed by atoms with Crippen LogP contribution in [0.3, 0.4) is 0 Å². The number of H-pyrrole nitrogens is 1. The summed E-state index contributed by atoms with van der Waals surface area (Å²) < 4.78 is 0.946. The molecule has 0 saturated heterocycles. The van der Waals surface area contributed by atoms with Crippen molar-refractivity contribution in [3.8, 4) is 11.1 Å². The Kier molecular flexibility index (Phi) is 4.58. The number of fused-ring (bicyclic) bond motifs is 1. The van der Waals surface area contributed by atoms with Gasteiger partial charge < -0.3 is 5.73 Å². The molecule has 1 atom stereocenters. The molecule has 2 aromatic heterocycles. The minimum absolute atomic E-state index is 0.270. The summed E-state index contributed by atoms with van der Waals surface area (Å²) in [6.07, 6.45) is 0.270. The van der Waals surface area contributed by atoms with Crippen LogP contribution in [0.1, 0.15) is 35.4 Å². The summed E-state index contributed by atoms with van der Waals surface area (Å²) in [5.41, 5.74) is 8.31. The standard InChI is InChI=1S/C19H21N3O3S/c1-5-13(16(20)23)22-18(24)15-14(11(4)26-17(15)21-19(22)25)12-7-6-9(2)10(3)8-12/h6-8,13H,5H2,1-4H3,(H2,20,23)(H,21,25). The van der Waals surface area contributed by atoms with E-state index in [1.807, 2.05) is 39.0 Å². The van der Waals surface area contributed by atoms with Crippen molar-refractivity contribution in [1.82, 2.24) is 9.55 Å². The van der Waals surface area contributed by atoms with Crippen molar-refractivity contribution < 1.29 is 4.79 Å². The molecule has 0 aliphatic rings. The molecule has 1 unspecified atom stereocenters. The number of hydrogen-bond donors (Lipinski definition) is 2. The van der Waals surface area contributed by atoms with Crippen LogP contribution in [0.25, 0.3) is 21.3 Å². The molecule has 0 radical (unpaired) electrons. The Hall–Kier alpha value is -2.67. The number of benzene rings is 1. The van der Waals surface area contributed by atoms with Gasteiger partial charge in [-0.15, -0.1) is 11.3 Å². The summed E-state index contributed by atoms with van der Waals surface area (Å²) in [5.74, 6) is -0.695. The highest BCUT2D eigenvalue weighted by Crippen LogP contribution is 2.36. The lowest BCUT2D eigenvalue weighted by atomic mass is 9.99. The van der Waals surface area contributed by atoms with Crippen LogP contribution in [0.15, 0.2) is 27.8 Å². The number of thiophene rings is 1. The number of nitrogens with one attached hydrogen (secondary N) is 1. The van der Waals surface area contributed by atoms with E-state index in [1.54, 1.807) is 6.92 Å². The number of aromatic amines is 1. The monoisotopic (exact) mass is 371 g/mol. The maximum absolute atomic E-state index is 13.2. The molecule has 3 aromatic rings. The zero-order valence-corrected chi connectivity index (χ0v) is 16.0. The number of aromatic nitrogens is 2. The average molecular weight is 371 g/mol. The van der Waals surface area contributed by atoms with Gasteiger partial charge in [0, 0.05) is 10.4 Å². The molecule has 0 fully saturated rings. The third-order valence-electron chi connectivity index (χ3n) is 4.78. The molecule has 26 heavy (non-hydrogen) atoms. The first-order chi connectivity index (χ1) is 12.3. The highest BCUT2D eigenvalue weighted by Gasteiger charge is 2.24. The summed E-state index contributed by atoms with van der Waals surface area (Å²) in [7, 11) is 0. The Labute approximate surface area is 154 Å². The summed E-state index contributed by atoms with van der Waals surface area (Å²) in [4.78, 5) is 41.5. The SMILES string of the molecule is CCC(C(N)=O)n1c(=O)[nH]c2sc(C)c(-c3ccc(C)c(C)c3)c2c1=O. The summed E-state index contributed by atoms with van der Waals surface area (Å²) >= 11 is 1.36. The second kappa shape index (κ2) is 6.57. The maximum Gasteiger partial charge on any atom is 0.330 e.